The second-order valence-corrected chi connectivity index (χ2v) is 32.7. The third-order valence-electron chi connectivity index (χ3n) is 14.9. The lowest BCUT2D eigenvalue weighted by molar-refractivity contribution is 0.866. The van der Waals surface area contributed by atoms with Gasteiger partial charge in [-0.25, -0.2) is 0 Å². The molecule has 0 saturated carbocycles. The average molecular weight is 929 g/mol. The van der Waals surface area contributed by atoms with Crippen molar-refractivity contribution in [2.75, 3.05) is 9.80 Å². The van der Waals surface area contributed by atoms with Crippen LogP contribution < -0.4 is 9.80 Å². The standard InChI is InChI=1S/C63H60N4Si2/c1-41(2)45-19-28-51(29-20-45)66(49-24-15-43(39-64)16-25-49)53-32-23-47-36-59-60(37-48(47)35-53)63(68(5,6)7,69(8,9)10)62-57-34-33-54(38-58(57)55-13-11-12-14-56(55)61(59)62)67(50-26-17-44(40-65)18-27-50)52-30-21-46(22-31-52)42(3)4/h11-38,41-42H,1-10H3. The quantitative estimate of drug-likeness (QED) is 0.101. The zero-order valence-electron chi connectivity index (χ0n) is 41.6. The summed E-state index contributed by atoms with van der Waals surface area (Å²) in [4.78, 5) is 4.67. The Bertz CT molecular complexity index is 3510. The highest BCUT2D eigenvalue weighted by Gasteiger charge is 2.60. The number of anilines is 6. The monoisotopic (exact) mass is 928 g/mol. The summed E-state index contributed by atoms with van der Waals surface area (Å²) in [6.45, 7) is 24.6. The van der Waals surface area contributed by atoms with E-state index in [1.54, 1.807) is 0 Å². The van der Waals surface area contributed by atoms with Crippen molar-refractivity contribution in [3.8, 4) is 23.3 Å². The van der Waals surface area contributed by atoms with E-state index in [1.165, 1.54) is 65.7 Å². The molecular weight excluding hydrogens is 869 g/mol. The SMILES string of the molecule is CC(C)c1ccc(N(c2ccc(C#N)cc2)c2ccc3cc4c(cc3c2)C([Si](C)(C)C)([Si](C)(C)C)c2c-4c3ccccc3c3cc(N(c4ccc(C#N)cc4)c4ccc(C(C)C)cc4)ccc23)cc1. The van der Waals surface area contributed by atoms with Crippen LogP contribution in [0, 0.1) is 22.7 Å². The Morgan fingerprint density at radius 2 is 0.855 bits per heavy atom. The van der Waals surface area contributed by atoms with Crippen molar-refractivity contribution >= 4 is 82.6 Å². The van der Waals surface area contributed by atoms with Crippen molar-refractivity contribution in [3.63, 3.8) is 0 Å². The van der Waals surface area contributed by atoms with Gasteiger partial charge in [-0.05, 0) is 181 Å². The average Bonchev–Trinajstić information content (AvgIpc) is 3.66. The fourth-order valence-electron chi connectivity index (χ4n) is 12.0. The minimum atomic E-state index is -2.15. The van der Waals surface area contributed by atoms with E-state index >= 15 is 0 Å². The molecule has 0 N–H and O–H groups in total. The van der Waals surface area contributed by atoms with Crippen molar-refractivity contribution in [3.05, 3.63) is 203 Å². The van der Waals surface area contributed by atoms with Gasteiger partial charge in [0.05, 0.1) is 39.4 Å². The fourth-order valence-corrected chi connectivity index (χ4v) is 25.1. The molecule has 340 valence electrons. The third kappa shape index (κ3) is 7.46. The molecule has 0 radical (unpaired) electrons. The molecule has 9 aromatic rings. The molecule has 0 spiro atoms. The highest BCUT2D eigenvalue weighted by molar-refractivity contribution is 7.00. The zero-order chi connectivity index (χ0) is 48.6. The summed E-state index contributed by atoms with van der Waals surface area (Å²) in [5.41, 5.74) is 16.0. The lowest BCUT2D eigenvalue weighted by atomic mass is 9.90. The van der Waals surface area contributed by atoms with Gasteiger partial charge in [0.25, 0.3) is 0 Å². The first-order chi connectivity index (χ1) is 33.0. The number of nitriles is 2. The van der Waals surface area contributed by atoms with Gasteiger partial charge < -0.3 is 9.80 Å². The van der Waals surface area contributed by atoms with E-state index in [0.29, 0.717) is 23.0 Å². The molecule has 0 amide bonds. The number of hydrogen-bond acceptors (Lipinski definition) is 4. The van der Waals surface area contributed by atoms with E-state index in [2.05, 4.69) is 235 Å². The first-order valence-corrected chi connectivity index (χ1v) is 31.4. The van der Waals surface area contributed by atoms with Crippen LogP contribution in [0.4, 0.5) is 34.1 Å². The second-order valence-electron chi connectivity index (χ2n) is 21.7. The maximum Gasteiger partial charge on any atom is 0.0991 e. The summed E-state index contributed by atoms with van der Waals surface area (Å²) in [5.74, 6) is 0.856. The van der Waals surface area contributed by atoms with Crippen molar-refractivity contribution in [1.82, 2.24) is 0 Å². The van der Waals surface area contributed by atoms with E-state index in [0.717, 1.165) is 34.1 Å². The third-order valence-corrected chi connectivity index (χ3v) is 25.0. The van der Waals surface area contributed by atoms with E-state index < -0.39 is 16.1 Å². The maximum atomic E-state index is 9.74. The minimum absolute atomic E-state index is 0.141. The summed E-state index contributed by atoms with van der Waals surface area (Å²) < 4.78 is -0.141. The second kappa shape index (κ2) is 17.1. The molecule has 0 saturated heterocycles. The van der Waals surface area contributed by atoms with Gasteiger partial charge in [-0.3, -0.25) is 0 Å². The van der Waals surface area contributed by atoms with Crippen molar-refractivity contribution in [2.45, 2.75) is 83.5 Å². The molecule has 9 aromatic carbocycles. The van der Waals surface area contributed by atoms with Crippen LogP contribution in [-0.2, 0) is 4.66 Å². The Balaban J connectivity index is 1.22. The van der Waals surface area contributed by atoms with Gasteiger partial charge >= 0.3 is 0 Å². The molecular formula is C63H60N4Si2. The highest BCUT2D eigenvalue weighted by Crippen LogP contribution is 2.62. The van der Waals surface area contributed by atoms with Crippen LogP contribution in [0.3, 0.4) is 0 Å². The van der Waals surface area contributed by atoms with Gasteiger partial charge in [-0.15, -0.1) is 0 Å². The number of hydrogen-bond donors (Lipinski definition) is 0. The normalized spacial score (nSPS) is 13.1. The van der Waals surface area contributed by atoms with E-state index in [9.17, 15) is 10.5 Å². The predicted molar refractivity (Wildman–Crippen MR) is 299 cm³/mol. The van der Waals surface area contributed by atoms with Crippen LogP contribution in [0.2, 0.25) is 39.3 Å². The largest absolute Gasteiger partial charge is 0.310 e. The molecule has 0 aliphatic heterocycles. The molecule has 4 nitrogen and oxygen atoms in total. The molecule has 0 aromatic heterocycles. The molecule has 10 rings (SSSR count). The Hall–Kier alpha value is -7.23. The Morgan fingerprint density at radius 3 is 1.32 bits per heavy atom. The van der Waals surface area contributed by atoms with Crippen LogP contribution in [0.5, 0.6) is 0 Å². The topological polar surface area (TPSA) is 54.1 Å². The summed E-state index contributed by atoms with van der Waals surface area (Å²) >= 11 is 0. The first-order valence-electron chi connectivity index (χ1n) is 24.4. The van der Waals surface area contributed by atoms with E-state index in [4.69, 9.17) is 0 Å². The summed E-state index contributed by atoms with van der Waals surface area (Å²) in [6, 6.07) is 66.8. The number of benzene rings is 9. The Labute approximate surface area is 410 Å². The van der Waals surface area contributed by atoms with Crippen LogP contribution in [0.1, 0.15) is 72.9 Å². The molecule has 0 atom stereocenters. The van der Waals surface area contributed by atoms with Crippen LogP contribution in [0.25, 0.3) is 43.4 Å². The zero-order valence-corrected chi connectivity index (χ0v) is 43.6. The first kappa shape index (κ1) is 45.6. The van der Waals surface area contributed by atoms with Crippen molar-refractivity contribution in [2.24, 2.45) is 0 Å². The smallest absolute Gasteiger partial charge is 0.0991 e. The molecule has 1 aliphatic carbocycles. The molecule has 0 unspecified atom stereocenters. The molecule has 1 aliphatic rings. The van der Waals surface area contributed by atoms with Crippen LogP contribution >= 0.6 is 0 Å². The molecule has 69 heavy (non-hydrogen) atoms. The lowest BCUT2D eigenvalue weighted by Gasteiger charge is -2.51. The van der Waals surface area contributed by atoms with Crippen molar-refractivity contribution in [1.29, 1.82) is 10.5 Å². The Kier molecular flexibility index (Phi) is 11.3. The summed E-state index contributed by atoms with van der Waals surface area (Å²) in [6.07, 6.45) is 0. The van der Waals surface area contributed by atoms with E-state index in [-0.39, 0.29) is 4.66 Å². The van der Waals surface area contributed by atoms with Crippen LogP contribution in [0.15, 0.2) is 170 Å². The predicted octanol–water partition coefficient (Wildman–Crippen LogP) is 18.1. The maximum absolute atomic E-state index is 9.74. The Morgan fingerprint density at radius 1 is 0.420 bits per heavy atom. The summed E-state index contributed by atoms with van der Waals surface area (Å²) in [5, 5.41) is 27.1. The van der Waals surface area contributed by atoms with Gasteiger partial charge in [-0.1, -0.05) is 134 Å². The number of nitrogens with zero attached hydrogens (tertiary/aromatic N) is 4. The molecule has 0 heterocycles. The van der Waals surface area contributed by atoms with Gasteiger partial charge in [0, 0.05) is 38.8 Å². The van der Waals surface area contributed by atoms with Gasteiger partial charge in [0.2, 0.25) is 0 Å². The highest BCUT2D eigenvalue weighted by atomic mass is 28.4. The minimum Gasteiger partial charge on any atom is -0.310 e. The molecule has 6 heteroatoms. The lowest BCUT2D eigenvalue weighted by Crippen LogP contribution is -2.63. The summed E-state index contributed by atoms with van der Waals surface area (Å²) in [7, 11) is -4.29. The number of fused-ring (bicyclic) bond motifs is 9. The van der Waals surface area contributed by atoms with Crippen molar-refractivity contribution < 1.29 is 0 Å². The van der Waals surface area contributed by atoms with Gasteiger partial charge in [0.1, 0.15) is 0 Å². The number of rotatable bonds is 10. The van der Waals surface area contributed by atoms with Crippen LogP contribution in [-0.4, -0.2) is 16.1 Å². The van der Waals surface area contributed by atoms with E-state index in [1.807, 2.05) is 24.3 Å². The van der Waals surface area contributed by atoms with Gasteiger partial charge in [-0.2, -0.15) is 10.5 Å². The molecule has 0 bridgehead atoms. The molecule has 0 fully saturated rings. The van der Waals surface area contributed by atoms with Gasteiger partial charge in [0.15, 0.2) is 0 Å². The fraction of sp³-hybridized carbons (Fsp3) is 0.206.